The molecule has 6 nitrogen and oxygen atoms in total. The number of rotatable bonds is 6. The molecule has 0 spiro atoms. The smallest absolute Gasteiger partial charge is 0.259 e. The van der Waals surface area contributed by atoms with Crippen LogP contribution in [0.5, 0.6) is 0 Å². The Morgan fingerprint density at radius 3 is 2.70 bits per heavy atom. The Labute approximate surface area is 174 Å². The first-order valence-corrected chi connectivity index (χ1v) is 10.3. The molecule has 5 rings (SSSR count). The third-order valence-electron chi connectivity index (χ3n) is 5.37. The summed E-state index contributed by atoms with van der Waals surface area (Å²) in [5.41, 5.74) is 4.40. The molecule has 1 aliphatic rings. The molecular weight excluding hydrogens is 376 g/mol. The lowest BCUT2D eigenvalue weighted by atomic mass is 10.0. The second kappa shape index (κ2) is 7.71. The topological polar surface area (TPSA) is 80.9 Å². The van der Waals surface area contributed by atoms with E-state index in [0.717, 1.165) is 35.2 Å². The van der Waals surface area contributed by atoms with Gasteiger partial charge in [-0.2, -0.15) is 0 Å². The standard InChI is InChI=1S/C24H22N4O2/c1-15(13-18-9-5-6-12-25-18)26-23(29)19-14-20(16-7-3-2-4-8-16)27-24-21(19)22(28-30-24)17-10-11-17/h2-9,12,14-15,17H,10-11,13H2,1H3,(H,26,29). The van der Waals surface area contributed by atoms with E-state index in [9.17, 15) is 4.79 Å². The molecule has 1 fully saturated rings. The average molecular weight is 398 g/mol. The number of carbonyl (C=O) groups excluding carboxylic acids is 1. The van der Waals surface area contributed by atoms with Gasteiger partial charge in [0.2, 0.25) is 0 Å². The summed E-state index contributed by atoms with van der Waals surface area (Å²) in [6.45, 7) is 1.98. The lowest BCUT2D eigenvalue weighted by Crippen LogP contribution is -2.34. The van der Waals surface area contributed by atoms with Crippen LogP contribution in [0.25, 0.3) is 22.4 Å². The highest BCUT2D eigenvalue weighted by Crippen LogP contribution is 2.43. The average Bonchev–Trinajstić information content (AvgIpc) is 3.53. The highest BCUT2D eigenvalue weighted by Gasteiger charge is 2.32. The van der Waals surface area contributed by atoms with Gasteiger partial charge in [0.1, 0.15) is 0 Å². The second-order valence-electron chi connectivity index (χ2n) is 7.84. The van der Waals surface area contributed by atoms with E-state index in [-0.39, 0.29) is 11.9 Å². The summed E-state index contributed by atoms with van der Waals surface area (Å²) >= 11 is 0. The summed E-state index contributed by atoms with van der Waals surface area (Å²) in [5.74, 6) is 0.209. The molecule has 1 unspecified atom stereocenters. The fourth-order valence-electron chi connectivity index (χ4n) is 3.73. The molecular formula is C24H22N4O2. The van der Waals surface area contributed by atoms with E-state index >= 15 is 0 Å². The van der Waals surface area contributed by atoms with Crippen LogP contribution in [0.4, 0.5) is 0 Å². The lowest BCUT2D eigenvalue weighted by Gasteiger charge is -2.14. The zero-order valence-corrected chi connectivity index (χ0v) is 16.7. The van der Waals surface area contributed by atoms with E-state index in [2.05, 4.69) is 20.4 Å². The number of nitrogens with zero attached hydrogens (tertiary/aromatic N) is 3. The zero-order valence-electron chi connectivity index (χ0n) is 16.7. The molecule has 3 aromatic heterocycles. The second-order valence-corrected chi connectivity index (χ2v) is 7.84. The van der Waals surface area contributed by atoms with Crippen molar-refractivity contribution in [3.63, 3.8) is 0 Å². The van der Waals surface area contributed by atoms with Crippen LogP contribution in [0.2, 0.25) is 0 Å². The number of amides is 1. The van der Waals surface area contributed by atoms with Gasteiger partial charge in [-0.1, -0.05) is 41.6 Å². The van der Waals surface area contributed by atoms with Gasteiger partial charge in [0.25, 0.3) is 11.6 Å². The van der Waals surface area contributed by atoms with Crippen molar-refractivity contribution in [1.29, 1.82) is 0 Å². The van der Waals surface area contributed by atoms with Crippen LogP contribution in [-0.2, 0) is 6.42 Å². The lowest BCUT2D eigenvalue weighted by molar-refractivity contribution is 0.0941. The Morgan fingerprint density at radius 2 is 1.97 bits per heavy atom. The van der Waals surface area contributed by atoms with Gasteiger partial charge in [0.05, 0.1) is 22.3 Å². The van der Waals surface area contributed by atoms with Gasteiger partial charge in [0.15, 0.2) is 0 Å². The molecule has 1 atom stereocenters. The van der Waals surface area contributed by atoms with Crippen molar-refractivity contribution in [2.75, 3.05) is 0 Å². The van der Waals surface area contributed by atoms with Gasteiger partial charge in [0, 0.05) is 35.8 Å². The minimum absolute atomic E-state index is 0.0694. The number of fused-ring (bicyclic) bond motifs is 1. The molecule has 0 saturated heterocycles. The molecule has 3 heterocycles. The predicted octanol–water partition coefficient (Wildman–Crippen LogP) is 4.52. The van der Waals surface area contributed by atoms with Crippen LogP contribution in [0.3, 0.4) is 0 Å². The minimum atomic E-state index is -0.145. The summed E-state index contributed by atoms with van der Waals surface area (Å²) in [7, 11) is 0. The van der Waals surface area contributed by atoms with Crippen LogP contribution in [-0.4, -0.2) is 27.1 Å². The van der Waals surface area contributed by atoms with Crippen LogP contribution >= 0.6 is 0 Å². The third kappa shape index (κ3) is 3.68. The van der Waals surface area contributed by atoms with E-state index in [1.54, 1.807) is 6.20 Å². The Hall–Kier alpha value is -3.54. The van der Waals surface area contributed by atoms with Crippen molar-refractivity contribution in [2.24, 2.45) is 0 Å². The highest BCUT2D eigenvalue weighted by atomic mass is 16.5. The third-order valence-corrected chi connectivity index (χ3v) is 5.37. The van der Waals surface area contributed by atoms with Crippen molar-refractivity contribution >= 4 is 17.0 Å². The van der Waals surface area contributed by atoms with E-state index in [1.807, 2.05) is 61.5 Å². The predicted molar refractivity (Wildman–Crippen MR) is 114 cm³/mol. The maximum Gasteiger partial charge on any atom is 0.259 e. The summed E-state index contributed by atoms with van der Waals surface area (Å²) in [6.07, 6.45) is 4.56. The first-order valence-electron chi connectivity index (χ1n) is 10.3. The van der Waals surface area contributed by atoms with Crippen molar-refractivity contribution in [3.8, 4) is 11.3 Å². The van der Waals surface area contributed by atoms with Gasteiger partial charge >= 0.3 is 0 Å². The minimum Gasteiger partial charge on any atom is -0.349 e. The SMILES string of the molecule is CC(Cc1ccccn1)NC(=O)c1cc(-c2ccccc2)nc2onc(C3CC3)c12. The molecule has 0 aliphatic heterocycles. The fraction of sp³-hybridized carbons (Fsp3) is 0.250. The fourth-order valence-corrected chi connectivity index (χ4v) is 3.73. The maximum absolute atomic E-state index is 13.3. The molecule has 4 aromatic rings. The number of pyridine rings is 2. The summed E-state index contributed by atoms with van der Waals surface area (Å²) < 4.78 is 5.55. The number of carbonyl (C=O) groups is 1. The van der Waals surface area contributed by atoms with E-state index in [4.69, 9.17) is 4.52 Å². The Morgan fingerprint density at radius 1 is 1.17 bits per heavy atom. The van der Waals surface area contributed by atoms with Gasteiger partial charge < -0.3 is 9.84 Å². The van der Waals surface area contributed by atoms with Crippen LogP contribution in [0.1, 0.15) is 47.4 Å². The number of aromatic nitrogens is 3. The molecule has 6 heteroatoms. The van der Waals surface area contributed by atoms with Crippen molar-refractivity contribution in [3.05, 3.63) is 77.7 Å². The first-order chi connectivity index (χ1) is 14.7. The van der Waals surface area contributed by atoms with Crippen LogP contribution in [0.15, 0.2) is 65.3 Å². The van der Waals surface area contributed by atoms with E-state index < -0.39 is 0 Å². The number of benzene rings is 1. The number of hydrogen-bond donors (Lipinski definition) is 1. The molecule has 150 valence electrons. The molecule has 1 saturated carbocycles. The van der Waals surface area contributed by atoms with Gasteiger partial charge in [-0.3, -0.25) is 9.78 Å². The van der Waals surface area contributed by atoms with E-state index in [0.29, 0.717) is 29.3 Å². The Kier molecular flexibility index (Phi) is 4.75. The first kappa shape index (κ1) is 18.5. The molecule has 1 N–H and O–H groups in total. The number of hydrogen-bond acceptors (Lipinski definition) is 5. The molecule has 0 bridgehead atoms. The summed E-state index contributed by atoms with van der Waals surface area (Å²) in [4.78, 5) is 22.3. The molecule has 1 aromatic carbocycles. The zero-order chi connectivity index (χ0) is 20.5. The quantitative estimate of drug-likeness (QED) is 0.516. The monoisotopic (exact) mass is 398 g/mol. The molecule has 1 aliphatic carbocycles. The summed E-state index contributed by atoms with van der Waals surface area (Å²) in [6, 6.07) is 17.4. The molecule has 30 heavy (non-hydrogen) atoms. The Bertz CT molecular complexity index is 1180. The normalized spacial score (nSPS) is 14.6. The van der Waals surface area contributed by atoms with Gasteiger partial charge in [-0.15, -0.1) is 0 Å². The highest BCUT2D eigenvalue weighted by molar-refractivity contribution is 6.07. The van der Waals surface area contributed by atoms with E-state index in [1.165, 1.54) is 0 Å². The Balaban J connectivity index is 1.51. The van der Waals surface area contributed by atoms with Crippen LogP contribution < -0.4 is 5.32 Å². The van der Waals surface area contributed by atoms with Crippen molar-refractivity contribution in [2.45, 2.75) is 38.1 Å². The van der Waals surface area contributed by atoms with Crippen LogP contribution in [0, 0.1) is 0 Å². The largest absolute Gasteiger partial charge is 0.349 e. The van der Waals surface area contributed by atoms with Gasteiger partial charge in [-0.05, 0) is 38.0 Å². The summed E-state index contributed by atoms with van der Waals surface area (Å²) in [5, 5.41) is 8.11. The molecule has 1 amide bonds. The maximum atomic E-state index is 13.3. The van der Waals surface area contributed by atoms with Crippen molar-refractivity contribution < 1.29 is 9.32 Å². The number of nitrogens with one attached hydrogen (secondary N) is 1. The van der Waals surface area contributed by atoms with Crippen molar-refractivity contribution in [1.82, 2.24) is 20.4 Å². The van der Waals surface area contributed by atoms with Gasteiger partial charge in [-0.25, -0.2) is 4.98 Å². The molecule has 0 radical (unpaired) electrons.